The van der Waals surface area contributed by atoms with Gasteiger partial charge in [0, 0.05) is 24.9 Å². The lowest BCUT2D eigenvalue weighted by Crippen LogP contribution is -2.21. The van der Waals surface area contributed by atoms with Crippen molar-refractivity contribution in [3.05, 3.63) is 59.8 Å². The minimum Gasteiger partial charge on any atom is -0.367 e. The lowest BCUT2D eigenvalue weighted by atomic mass is 9.80. The second-order valence-electron chi connectivity index (χ2n) is 5.50. The molecular weight excluding hydrogens is 284 g/mol. The quantitative estimate of drug-likeness (QED) is 0.441. The Balaban J connectivity index is 1.98. The van der Waals surface area contributed by atoms with Crippen molar-refractivity contribution in [3.8, 4) is 0 Å². The van der Waals surface area contributed by atoms with E-state index < -0.39 is 0 Å². The van der Waals surface area contributed by atoms with Crippen molar-refractivity contribution in [2.45, 2.75) is 31.7 Å². The van der Waals surface area contributed by atoms with Crippen molar-refractivity contribution in [2.75, 3.05) is 13.1 Å². The second-order valence-corrected chi connectivity index (χ2v) is 5.50. The molecule has 120 valence electrons. The SMILES string of the molecule is C=N/C=C\C(=NCc1cc#cc(C2CCC2)c1)NC/C=C\CN. The molecule has 1 aliphatic carbocycles. The third kappa shape index (κ3) is 5.72. The highest BCUT2D eigenvalue weighted by Crippen LogP contribution is 2.35. The van der Waals surface area contributed by atoms with Crippen LogP contribution in [0, 0.1) is 12.1 Å². The van der Waals surface area contributed by atoms with Gasteiger partial charge >= 0.3 is 0 Å². The molecule has 0 spiro atoms. The summed E-state index contributed by atoms with van der Waals surface area (Å²) in [5.74, 6) is 1.44. The summed E-state index contributed by atoms with van der Waals surface area (Å²) in [6.45, 7) is 5.27. The molecule has 0 amide bonds. The summed E-state index contributed by atoms with van der Waals surface area (Å²) in [6.07, 6.45) is 11.2. The maximum atomic E-state index is 5.43. The van der Waals surface area contributed by atoms with Gasteiger partial charge in [-0.3, -0.25) is 9.98 Å². The minimum atomic E-state index is 0.540. The first-order valence-electron chi connectivity index (χ1n) is 8.01. The summed E-state index contributed by atoms with van der Waals surface area (Å²) < 4.78 is 0. The van der Waals surface area contributed by atoms with Crippen molar-refractivity contribution < 1.29 is 0 Å². The molecule has 1 aromatic rings. The monoisotopic (exact) mass is 308 g/mol. The number of hydrogen-bond acceptors (Lipinski definition) is 3. The Hall–Kier alpha value is -2.38. The van der Waals surface area contributed by atoms with Crippen LogP contribution in [0.2, 0.25) is 0 Å². The highest BCUT2D eigenvalue weighted by molar-refractivity contribution is 5.93. The third-order valence-electron chi connectivity index (χ3n) is 3.83. The summed E-state index contributed by atoms with van der Waals surface area (Å²) in [6, 6.07) is 10.5. The molecule has 1 fully saturated rings. The highest BCUT2D eigenvalue weighted by Gasteiger charge is 2.19. The van der Waals surface area contributed by atoms with Crippen LogP contribution < -0.4 is 11.1 Å². The number of hydrogen-bond donors (Lipinski definition) is 2. The number of nitrogens with one attached hydrogen (secondary N) is 1. The zero-order valence-corrected chi connectivity index (χ0v) is 13.5. The molecule has 23 heavy (non-hydrogen) atoms. The van der Waals surface area contributed by atoms with E-state index >= 15 is 0 Å². The van der Waals surface area contributed by atoms with E-state index in [2.05, 4.69) is 40.2 Å². The summed E-state index contributed by atoms with van der Waals surface area (Å²) in [5, 5.41) is 3.23. The number of rotatable bonds is 8. The first-order chi connectivity index (χ1) is 11.3. The fourth-order valence-electron chi connectivity index (χ4n) is 2.33. The van der Waals surface area contributed by atoms with Crippen molar-refractivity contribution in [2.24, 2.45) is 15.7 Å². The predicted molar refractivity (Wildman–Crippen MR) is 96.7 cm³/mol. The normalized spacial score (nSPS) is 15.6. The Morgan fingerprint density at radius 3 is 3.00 bits per heavy atom. The van der Waals surface area contributed by atoms with Crippen molar-refractivity contribution >= 4 is 12.6 Å². The zero-order valence-electron chi connectivity index (χ0n) is 13.5. The van der Waals surface area contributed by atoms with E-state index in [1.54, 1.807) is 6.20 Å². The van der Waals surface area contributed by atoms with E-state index in [1.807, 2.05) is 24.3 Å². The molecular formula is C19H24N4. The van der Waals surface area contributed by atoms with E-state index in [4.69, 9.17) is 5.73 Å². The molecule has 0 atom stereocenters. The van der Waals surface area contributed by atoms with Crippen LogP contribution in [-0.4, -0.2) is 25.6 Å². The third-order valence-corrected chi connectivity index (χ3v) is 3.83. The summed E-state index contributed by atoms with van der Waals surface area (Å²) in [7, 11) is 0. The van der Waals surface area contributed by atoms with Gasteiger partial charge in [0.2, 0.25) is 0 Å². The van der Waals surface area contributed by atoms with Crippen LogP contribution >= 0.6 is 0 Å². The van der Waals surface area contributed by atoms with Crippen molar-refractivity contribution in [1.29, 1.82) is 0 Å². The van der Waals surface area contributed by atoms with Crippen LogP contribution in [0.3, 0.4) is 0 Å². The smallest absolute Gasteiger partial charge is 0.122 e. The number of nitrogens with two attached hydrogens (primary N) is 1. The Morgan fingerprint density at radius 2 is 2.30 bits per heavy atom. The summed E-state index contributed by atoms with van der Waals surface area (Å²) in [4.78, 5) is 8.34. The van der Waals surface area contributed by atoms with Crippen LogP contribution in [0.25, 0.3) is 0 Å². The number of aliphatic imine (C=N–C) groups is 2. The van der Waals surface area contributed by atoms with Crippen molar-refractivity contribution in [3.63, 3.8) is 0 Å². The maximum Gasteiger partial charge on any atom is 0.122 e. The van der Waals surface area contributed by atoms with Crippen LogP contribution in [0.4, 0.5) is 0 Å². The Kier molecular flexibility index (Phi) is 7.09. The van der Waals surface area contributed by atoms with E-state index in [1.165, 1.54) is 24.8 Å². The van der Waals surface area contributed by atoms with Gasteiger partial charge in [-0.15, -0.1) is 0 Å². The standard InChI is InChI=1S/C19H24N4/c1-21-13-10-19(22-12-3-2-11-20)23-15-16-6-4-9-18(14-16)17-7-5-8-17/h2-3,6,10,13-14,17H,1,5,7-8,11-12,15,20H2,(H,22,23)/b3-2-,13-10-. The summed E-state index contributed by atoms with van der Waals surface area (Å²) >= 11 is 0. The largest absolute Gasteiger partial charge is 0.367 e. The summed E-state index contributed by atoms with van der Waals surface area (Å²) in [5.41, 5.74) is 7.85. The van der Waals surface area contributed by atoms with Crippen LogP contribution in [0.15, 0.2) is 46.5 Å². The molecule has 0 bridgehead atoms. The van der Waals surface area contributed by atoms with Gasteiger partial charge in [0.1, 0.15) is 5.84 Å². The Labute approximate surface area is 138 Å². The number of nitrogens with zero attached hydrogens (tertiary/aromatic N) is 2. The lowest BCUT2D eigenvalue weighted by molar-refractivity contribution is 0.419. The minimum absolute atomic E-state index is 0.540. The van der Waals surface area contributed by atoms with Gasteiger partial charge in [-0.05, 0) is 49.2 Å². The fraction of sp³-hybridized carbons (Fsp3) is 0.368. The van der Waals surface area contributed by atoms with Gasteiger partial charge in [-0.2, -0.15) is 0 Å². The molecule has 0 heterocycles. The van der Waals surface area contributed by atoms with E-state index in [0.29, 0.717) is 25.6 Å². The maximum absolute atomic E-state index is 5.43. The molecule has 4 heteroatoms. The molecule has 2 rings (SSSR count). The highest BCUT2D eigenvalue weighted by atomic mass is 15.0. The Bertz CT molecular complexity index is 583. The zero-order chi connectivity index (χ0) is 16.3. The number of amidine groups is 1. The molecule has 1 aromatic carbocycles. The van der Waals surface area contributed by atoms with Crippen LogP contribution in [-0.2, 0) is 6.54 Å². The molecule has 0 aromatic heterocycles. The average molecular weight is 308 g/mol. The first kappa shape index (κ1) is 17.0. The second kappa shape index (κ2) is 9.60. The van der Waals surface area contributed by atoms with Gasteiger partial charge in [0.15, 0.2) is 0 Å². The molecule has 0 saturated heterocycles. The van der Waals surface area contributed by atoms with E-state index in [9.17, 15) is 0 Å². The Morgan fingerprint density at radius 1 is 1.43 bits per heavy atom. The van der Waals surface area contributed by atoms with Gasteiger partial charge in [0.25, 0.3) is 0 Å². The van der Waals surface area contributed by atoms with Gasteiger partial charge in [0.05, 0.1) is 6.54 Å². The molecule has 0 radical (unpaired) electrons. The molecule has 0 unspecified atom stereocenters. The van der Waals surface area contributed by atoms with Crippen molar-refractivity contribution in [1.82, 2.24) is 5.32 Å². The molecule has 3 N–H and O–H groups in total. The fourth-order valence-corrected chi connectivity index (χ4v) is 2.33. The lowest BCUT2D eigenvalue weighted by Gasteiger charge is -2.24. The first-order valence-corrected chi connectivity index (χ1v) is 8.01. The van der Waals surface area contributed by atoms with Gasteiger partial charge in [-0.25, -0.2) is 0 Å². The topological polar surface area (TPSA) is 62.8 Å². The molecule has 1 saturated carbocycles. The van der Waals surface area contributed by atoms with Gasteiger partial charge in [-0.1, -0.05) is 30.7 Å². The van der Waals surface area contributed by atoms with Gasteiger partial charge < -0.3 is 11.1 Å². The average Bonchev–Trinajstić information content (AvgIpc) is 2.52. The molecule has 4 nitrogen and oxygen atoms in total. The van der Waals surface area contributed by atoms with Crippen LogP contribution in [0.5, 0.6) is 0 Å². The van der Waals surface area contributed by atoms with Crippen LogP contribution in [0.1, 0.15) is 36.3 Å². The van der Waals surface area contributed by atoms with E-state index in [-0.39, 0.29) is 0 Å². The van der Waals surface area contributed by atoms with E-state index in [0.717, 1.165) is 11.4 Å². The molecule has 1 aliphatic rings. The molecule has 0 aliphatic heterocycles. The predicted octanol–water partition coefficient (Wildman–Crippen LogP) is 2.77.